The van der Waals surface area contributed by atoms with Crippen molar-refractivity contribution in [3.8, 4) is 5.75 Å². The van der Waals surface area contributed by atoms with Crippen LogP contribution in [0.1, 0.15) is 32.3 Å². The number of nitrogen functional groups attached to an aromatic ring is 1. The van der Waals surface area contributed by atoms with E-state index in [0.29, 0.717) is 6.04 Å². The Morgan fingerprint density at radius 1 is 1.28 bits per heavy atom. The highest BCUT2D eigenvalue weighted by atomic mass is 16.5. The van der Waals surface area contributed by atoms with Crippen LogP contribution in [-0.4, -0.2) is 30.6 Å². The molecule has 1 aliphatic heterocycles. The van der Waals surface area contributed by atoms with Crippen LogP contribution in [0.25, 0.3) is 0 Å². The second kappa shape index (κ2) is 6.10. The molecule has 2 rings (SSSR count). The Morgan fingerprint density at radius 2 is 2.00 bits per heavy atom. The van der Waals surface area contributed by atoms with E-state index in [2.05, 4.69) is 24.8 Å². The lowest BCUT2D eigenvalue weighted by Gasteiger charge is -2.34. The molecule has 0 aromatic heterocycles. The molecule has 1 aliphatic rings. The summed E-state index contributed by atoms with van der Waals surface area (Å²) in [4.78, 5) is 2.55. The third kappa shape index (κ3) is 2.96. The minimum absolute atomic E-state index is 0.499. The molecule has 1 aromatic carbocycles. The van der Waals surface area contributed by atoms with Gasteiger partial charge >= 0.3 is 0 Å². The van der Waals surface area contributed by atoms with Gasteiger partial charge in [0.25, 0.3) is 0 Å². The van der Waals surface area contributed by atoms with Gasteiger partial charge in [0.15, 0.2) is 0 Å². The maximum Gasteiger partial charge on any atom is 0.122 e. The van der Waals surface area contributed by atoms with E-state index in [1.807, 2.05) is 12.1 Å². The van der Waals surface area contributed by atoms with Crippen LogP contribution < -0.4 is 10.5 Å². The van der Waals surface area contributed by atoms with E-state index in [4.69, 9.17) is 10.5 Å². The number of fused-ring (bicyclic) bond motifs is 1. The zero-order valence-corrected chi connectivity index (χ0v) is 11.5. The van der Waals surface area contributed by atoms with Crippen molar-refractivity contribution >= 4 is 5.69 Å². The lowest BCUT2D eigenvalue weighted by Crippen LogP contribution is -2.44. The van der Waals surface area contributed by atoms with Crippen molar-refractivity contribution in [1.82, 2.24) is 4.90 Å². The van der Waals surface area contributed by atoms with Crippen molar-refractivity contribution in [2.75, 3.05) is 25.4 Å². The van der Waals surface area contributed by atoms with Gasteiger partial charge in [0.1, 0.15) is 12.4 Å². The van der Waals surface area contributed by atoms with E-state index in [1.165, 1.54) is 18.4 Å². The third-order valence-corrected chi connectivity index (χ3v) is 3.51. The number of benzene rings is 1. The van der Waals surface area contributed by atoms with Crippen molar-refractivity contribution in [1.29, 1.82) is 0 Å². The Labute approximate surface area is 110 Å². The summed E-state index contributed by atoms with van der Waals surface area (Å²) in [6.07, 6.45) is 3.45. The average Bonchev–Trinajstić information content (AvgIpc) is 2.37. The van der Waals surface area contributed by atoms with Gasteiger partial charge in [-0.2, -0.15) is 0 Å². The fourth-order valence-electron chi connectivity index (χ4n) is 2.68. The van der Waals surface area contributed by atoms with Gasteiger partial charge in [0.2, 0.25) is 0 Å². The van der Waals surface area contributed by atoms with E-state index in [-0.39, 0.29) is 0 Å². The lowest BCUT2D eigenvalue weighted by molar-refractivity contribution is 0.119. The van der Waals surface area contributed by atoms with Crippen molar-refractivity contribution in [2.45, 2.75) is 39.2 Å². The van der Waals surface area contributed by atoms with Gasteiger partial charge in [-0.15, -0.1) is 0 Å². The van der Waals surface area contributed by atoms with E-state index in [0.717, 1.165) is 37.6 Å². The van der Waals surface area contributed by atoms with Gasteiger partial charge in [-0.25, -0.2) is 0 Å². The summed E-state index contributed by atoms with van der Waals surface area (Å²) >= 11 is 0. The van der Waals surface area contributed by atoms with Crippen LogP contribution >= 0.6 is 0 Å². The summed E-state index contributed by atoms with van der Waals surface area (Å²) in [5, 5.41) is 0. The van der Waals surface area contributed by atoms with Crippen LogP contribution in [0.2, 0.25) is 0 Å². The first-order valence-electron chi connectivity index (χ1n) is 6.99. The Hall–Kier alpha value is -1.22. The van der Waals surface area contributed by atoms with Crippen molar-refractivity contribution in [2.24, 2.45) is 0 Å². The molecule has 0 saturated carbocycles. The Balaban J connectivity index is 2.09. The smallest absolute Gasteiger partial charge is 0.122 e. The van der Waals surface area contributed by atoms with Gasteiger partial charge in [-0.05, 0) is 56.1 Å². The molecule has 0 saturated heterocycles. The zero-order chi connectivity index (χ0) is 13.0. The van der Waals surface area contributed by atoms with Gasteiger partial charge in [-0.3, -0.25) is 4.90 Å². The summed E-state index contributed by atoms with van der Waals surface area (Å²) in [6.45, 7) is 7.58. The highest BCUT2D eigenvalue weighted by Gasteiger charge is 2.24. The Bertz CT molecular complexity index is 386. The second-order valence-electron chi connectivity index (χ2n) is 5.07. The van der Waals surface area contributed by atoms with Crippen LogP contribution in [0.15, 0.2) is 18.2 Å². The molecular weight excluding hydrogens is 224 g/mol. The minimum atomic E-state index is 0.499. The molecule has 0 fully saturated rings. The van der Waals surface area contributed by atoms with Crippen LogP contribution in [0.4, 0.5) is 5.69 Å². The maximum absolute atomic E-state index is 5.87. The number of hydrogen-bond donors (Lipinski definition) is 1. The number of anilines is 1. The number of hydrogen-bond acceptors (Lipinski definition) is 3. The predicted octanol–water partition coefficient (Wildman–Crippen LogP) is 2.69. The zero-order valence-electron chi connectivity index (χ0n) is 11.5. The lowest BCUT2D eigenvalue weighted by atomic mass is 10.0. The molecular formula is C15H24N2O. The Morgan fingerprint density at radius 3 is 2.67 bits per heavy atom. The first-order chi connectivity index (χ1) is 8.74. The molecule has 1 aromatic rings. The number of nitrogens with zero attached hydrogens (tertiary/aromatic N) is 1. The molecule has 0 aliphatic carbocycles. The third-order valence-electron chi connectivity index (χ3n) is 3.51. The maximum atomic E-state index is 5.87. The summed E-state index contributed by atoms with van der Waals surface area (Å²) < 4.78 is 5.87. The summed E-state index contributed by atoms with van der Waals surface area (Å²) in [5.74, 6) is 1.01. The molecule has 100 valence electrons. The summed E-state index contributed by atoms with van der Waals surface area (Å²) in [6, 6.07) is 6.46. The fraction of sp³-hybridized carbons (Fsp3) is 0.600. The molecule has 3 heteroatoms. The number of nitrogens with two attached hydrogens (primary N) is 1. The first-order valence-corrected chi connectivity index (χ1v) is 6.99. The number of rotatable bonds is 5. The molecule has 3 nitrogen and oxygen atoms in total. The minimum Gasteiger partial charge on any atom is -0.492 e. The van der Waals surface area contributed by atoms with E-state index in [9.17, 15) is 0 Å². The van der Waals surface area contributed by atoms with Crippen molar-refractivity contribution in [3.05, 3.63) is 23.8 Å². The molecule has 0 spiro atoms. The molecule has 1 heterocycles. The van der Waals surface area contributed by atoms with E-state index >= 15 is 0 Å². The molecule has 18 heavy (non-hydrogen) atoms. The van der Waals surface area contributed by atoms with Crippen molar-refractivity contribution < 1.29 is 4.74 Å². The van der Waals surface area contributed by atoms with E-state index < -0.39 is 0 Å². The number of ether oxygens (including phenoxy) is 1. The Kier molecular flexibility index (Phi) is 4.48. The van der Waals surface area contributed by atoms with Crippen LogP contribution in [0.5, 0.6) is 5.75 Å². The standard InChI is InChI=1S/C15H24N2O/c1-3-7-17(8-4-2)14-10-12-9-13(16)5-6-15(12)18-11-14/h5-6,9,14H,3-4,7-8,10-11,16H2,1-2H3/t14-/m1/s1. The quantitative estimate of drug-likeness (QED) is 0.814. The second-order valence-corrected chi connectivity index (χ2v) is 5.07. The topological polar surface area (TPSA) is 38.5 Å². The monoisotopic (exact) mass is 248 g/mol. The molecule has 1 atom stereocenters. The molecule has 0 amide bonds. The van der Waals surface area contributed by atoms with Crippen molar-refractivity contribution in [3.63, 3.8) is 0 Å². The summed E-state index contributed by atoms with van der Waals surface area (Å²) in [7, 11) is 0. The van der Waals surface area contributed by atoms with Gasteiger partial charge in [0, 0.05) is 11.7 Å². The first kappa shape index (κ1) is 13.2. The van der Waals surface area contributed by atoms with Gasteiger partial charge in [-0.1, -0.05) is 13.8 Å². The average molecular weight is 248 g/mol. The molecule has 0 bridgehead atoms. The summed E-state index contributed by atoms with van der Waals surface area (Å²) in [5.41, 5.74) is 7.93. The van der Waals surface area contributed by atoms with Crippen LogP contribution in [-0.2, 0) is 6.42 Å². The van der Waals surface area contributed by atoms with Gasteiger partial charge < -0.3 is 10.5 Å². The molecule has 0 unspecified atom stereocenters. The van der Waals surface area contributed by atoms with Gasteiger partial charge in [0.05, 0.1) is 0 Å². The van der Waals surface area contributed by atoms with E-state index in [1.54, 1.807) is 0 Å². The SMILES string of the molecule is CCCN(CCC)[C@H]1COc2ccc(N)cc2C1. The molecule has 0 radical (unpaired) electrons. The van der Waals surface area contributed by atoms with Crippen LogP contribution in [0, 0.1) is 0 Å². The normalized spacial score (nSPS) is 18.5. The highest BCUT2D eigenvalue weighted by molar-refractivity contribution is 5.48. The largest absolute Gasteiger partial charge is 0.492 e. The van der Waals surface area contributed by atoms with Crippen LogP contribution in [0.3, 0.4) is 0 Å². The highest BCUT2D eigenvalue weighted by Crippen LogP contribution is 2.28. The molecule has 2 N–H and O–H groups in total. The predicted molar refractivity (Wildman–Crippen MR) is 76.0 cm³/mol. The fourth-order valence-corrected chi connectivity index (χ4v) is 2.68.